The maximum Gasteiger partial charge on any atom is 0.0653 e. The Hall–Kier alpha value is -1.35. The number of rotatable bonds is 3. The van der Waals surface area contributed by atoms with E-state index >= 15 is 0 Å². The van der Waals surface area contributed by atoms with Gasteiger partial charge in [0.1, 0.15) is 0 Å². The Kier molecular flexibility index (Phi) is 4.74. The molecule has 0 spiro atoms. The Morgan fingerprint density at radius 2 is 1.76 bits per heavy atom. The fraction of sp³-hybridized carbons (Fsp3) is 0.682. The van der Waals surface area contributed by atoms with E-state index in [1.807, 2.05) is 12.4 Å². The Morgan fingerprint density at radius 3 is 2.28 bits per heavy atom. The van der Waals surface area contributed by atoms with Crippen LogP contribution in [0.15, 0.2) is 36.7 Å². The van der Waals surface area contributed by atoms with E-state index in [0.717, 1.165) is 12.8 Å². The molecule has 0 radical (unpaired) electrons. The van der Waals surface area contributed by atoms with Gasteiger partial charge in [0.2, 0.25) is 0 Å². The smallest absolute Gasteiger partial charge is 0.0653 e. The van der Waals surface area contributed by atoms with Crippen molar-refractivity contribution in [1.29, 1.82) is 0 Å². The van der Waals surface area contributed by atoms with Gasteiger partial charge in [0.25, 0.3) is 0 Å². The summed E-state index contributed by atoms with van der Waals surface area (Å²) in [5.74, 6) is 0. The number of ether oxygens (including phenoxy) is 1. The number of aromatic nitrogens is 1. The summed E-state index contributed by atoms with van der Waals surface area (Å²) in [6, 6.07) is 5.15. The number of nitrogens with zero attached hydrogens (tertiary/aromatic N) is 2. The van der Waals surface area contributed by atoms with E-state index in [-0.39, 0.29) is 11.2 Å². The number of pyridine rings is 1. The third-order valence-electron chi connectivity index (χ3n) is 5.56. The van der Waals surface area contributed by atoms with Crippen molar-refractivity contribution >= 4 is 5.69 Å². The van der Waals surface area contributed by atoms with E-state index in [1.165, 1.54) is 18.5 Å². The molecule has 1 aromatic heterocycles. The second-order valence-corrected chi connectivity index (χ2v) is 9.76. The van der Waals surface area contributed by atoms with Gasteiger partial charge in [-0.15, -0.1) is 0 Å². The van der Waals surface area contributed by atoms with Gasteiger partial charge in [0.15, 0.2) is 0 Å². The summed E-state index contributed by atoms with van der Waals surface area (Å²) in [7, 11) is 0. The minimum absolute atomic E-state index is 0.107. The van der Waals surface area contributed by atoms with Gasteiger partial charge >= 0.3 is 0 Å². The summed E-state index contributed by atoms with van der Waals surface area (Å²) in [4.78, 5) is 7.02. The monoisotopic (exact) mass is 342 g/mol. The van der Waals surface area contributed by atoms with Crippen molar-refractivity contribution in [3.05, 3.63) is 36.7 Å². The van der Waals surface area contributed by atoms with Crippen LogP contribution in [0.1, 0.15) is 67.2 Å². The third kappa shape index (κ3) is 4.44. The fourth-order valence-electron chi connectivity index (χ4n) is 4.72. The minimum atomic E-state index is -0.107. The van der Waals surface area contributed by atoms with Gasteiger partial charge in [-0.1, -0.05) is 26.0 Å². The topological polar surface area (TPSA) is 25.4 Å². The van der Waals surface area contributed by atoms with Gasteiger partial charge in [-0.2, -0.15) is 0 Å². The zero-order valence-electron chi connectivity index (χ0n) is 16.7. The second-order valence-electron chi connectivity index (χ2n) is 9.76. The van der Waals surface area contributed by atoms with Crippen molar-refractivity contribution in [3.63, 3.8) is 0 Å². The quantitative estimate of drug-likeness (QED) is 0.691. The molecule has 2 heterocycles. The van der Waals surface area contributed by atoms with Crippen LogP contribution < -0.4 is 4.90 Å². The lowest BCUT2D eigenvalue weighted by Gasteiger charge is -2.51. The number of allylic oxidation sites excluding steroid dienone is 1. The van der Waals surface area contributed by atoms with Crippen molar-refractivity contribution in [2.45, 2.75) is 90.5 Å². The van der Waals surface area contributed by atoms with E-state index < -0.39 is 0 Å². The molecular formula is C22H34N2O. The molecule has 25 heavy (non-hydrogen) atoms. The first-order valence-electron chi connectivity index (χ1n) is 9.65. The summed E-state index contributed by atoms with van der Waals surface area (Å²) in [6.45, 7) is 13.6. The Bertz CT molecular complexity index is 602. The first-order valence-corrected chi connectivity index (χ1v) is 9.65. The average Bonchev–Trinajstić information content (AvgIpc) is 2.47. The first-order chi connectivity index (χ1) is 11.6. The molecule has 2 aliphatic rings. The van der Waals surface area contributed by atoms with Crippen LogP contribution in [0, 0.1) is 5.41 Å². The summed E-state index contributed by atoms with van der Waals surface area (Å²) in [5, 5.41) is 0. The van der Waals surface area contributed by atoms with Crippen molar-refractivity contribution in [2.24, 2.45) is 5.41 Å². The molecule has 3 nitrogen and oxygen atoms in total. The second kappa shape index (κ2) is 6.42. The number of hydrogen-bond donors (Lipinski definition) is 0. The first kappa shape index (κ1) is 18.4. The lowest BCUT2D eigenvalue weighted by molar-refractivity contribution is -0.161. The van der Waals surface area contributed by atoms with Crippen molar-refractivity contribution in [1.82, 2.24) is 4.98 Å². The molecule has 0 bridgehead atoms. The van der Waals surface area contributed by atoms with E-state index in [0.29, 0.717) is 17.5 Å². The SMILES string of the molecule is CC1(C)C=CC(N(c2cccnc2)C2CC(C)(C)OC(C)(C)C2)CC1. The van der Waals surface area contributed by atoms with Crippen molar-refractivity contribution < 1.29 is 4.74 Å². The van der Waals surface area contributed by atoms with Gasteiger partial charge < -0.3 is 9.64 Å². The van der Waals surface area contributed by atoms with Gasteiger partial charge in [-0.25, -0.2) is 0 Å². The molecule has 1 fully saturated rings. The van der Waals surface area contributed by atoms with Crippen molar-refractivity contribution in [3.8, 4) is 0 Å². The molecule has 138 valence electrons. The maximum absolute atomic E-state index is 6.34. The zero-order valence-corrected chi connectivity index (χ0v) is 16.7. The molecule has 1 aliphatic carbocycles. The molecule has 0 N–H and O–H groups in total. The van der Waals surface area contributed by atoms with E-state index in [9.17, 15) is 0 Å². The summed E-state index contributed by atoms with van der Waals surface area (Å²) in [6.07, 6.45) is 13.2. The fourth-order valence-corrected chi connectivity index (χ4v) is 4.72. The largest absolute Gasteiger partial charge is 0.370 e. The molecule has 1 unspecified atom stereocenters. The zero-order chi connectivity index (χ0) is 18.3. The van der Waals surface area contributed by atoms with Gasteiger partial charge in [0.05, 0.1) is 23.1 Å². The van der Waals surface area contributed by atoms with Gasteiger partial charge in [-0.05, 0) is 70.9 Å². The van der Waals surface area contributed by atoms with Crippen LogP contribution >= 0.6 is 0 Å². The van der Waals surface area contributed by atoms with Crippen LogP contribution in [0.3, 0.4) is 0 Å². The highest BCUT2D eigenvalue weighted by molar-refractivity contribution is 5.48. The highest BCUT2D eigenvalue weighted by Gasteiger charge is 2.43. The maximum atomic E-state index is 6.34. The third-order valence-corrected chi connectivity index (χ3v) is 5.56. The molecule has 0 amide bonds. The highest BCUT2D eigenvalue weighted by Crippen LogP contribution is 2.41. The molecule has 3 rings (SSSR count). The predicted octanol–water partition coefficient (Wildman–Crippen LogP) is 5.37. The lowest BCUT2D eigenvalue weighted by atomic mass is 9.79. The molecule has 1 aromatic rings. The minimum Gasteiger partial charge on any atom is -0.370 e. The van der Waals surface area contributed by atoms with Crippen LogP contribution in [0.2, 0.25) is 0 Å². The molecule has 0 aromatic carbocycles. The lowest BCUT2D eigenvalue weighted by Crippen LogP contribution is -2.55. The highest BCUT2D eigenvalue weighted by atomic mass is 16.5. The summed E-state index contributed by atoms with van der Waals surface area (Å²) < 4.78 is 6.34. The number of hydrogen-bond acceptors (Lipinski definition) is 3. The van der Waals surface area contributed by atoms with Gasteiger partial charge in [-0.3, -0.25) is 4.98 Å². The van der Waals surface area contributed by atoms with Crippen LogP contribution in [0.25, 0.3) is 0 Å². The molecule has 1 saturated heterocycles. The molecule has 3 heteroatoms. The normalized spacial score (nSPS) is 27.8. The van der Waals surface area contributed by atoms with Gasteiger partial charge in [0, 0.05) is 18.3 Å². The summed E-state index contributed by atoms with van der Waals surface area (Å²) in [5.41, 5.74) is 1.33. The Balaban J connectivity index is 1.95. The van der Waals surface area contributed by atoms with Crippen LogP contribution in [0.5, 0.6) is 0 Å². The van der Waals surface area contributed by atoms with Crippen molar-refractivity contribution in [2.75, 3.05) is 4.90 Å². The molecular weight excluding hydrogens is 308 g/mol. The molecule has 1 atom stereocenters. The molecule has 1 aliphatic heterocycles. The van der Waals surface area contributed by atoms with E-state index in [4.69, 9.17) is 4.74 Å². The standard InChI is InChI=1S/C22H34N2O/c1-20(2)11-9-17(10-12-20)24(18-8-7-13-23-16-18)19-14-21(3,4)25-22(5,6)15-19/h7-9,11,13,16-17,19H,10,12,14-15H2,1-6H3. The van der Waals surface area contributed by atoms with Crippen LogP contribution in [-0.2, 0) is 4.74 Å². The van der Waals surface area contributed by atoms with Crippen LogP contribution in [0.4, 0.5) is 5.69 Å². The van der Waals surface area contributed by atoms with E-state index in [2.05, 4.69) is 75.7 Å². The predicted molar refractivity (Wildman–Crippen MR) is 105 cm³/mol. The summed E-state index contributed by atoms with van der Waals surface area (Å²) >= 11 is 0. The number of anilines is 1. The average molecular weight is 343 g/mol. The Labute approximate surface area is 153 Å². The van der Waals surface area contributed by atoms with Crippen LogP contribution in [-0.4, -0.2) is 28.3 Å². The Morgan fingerprint density at radius 1 is 1.08 bits per heavy atom. The van der Waals surface area contributed by atoms with E-state index in [1.54, 1.807) is 0 Å². The molecule has 0 saturated carbocycles.